The summed E-state index contributed by atoms with van der Waals surface area (Å²) in [5, 5.41) is 8.63. The zero-order chi connectivity index (χ0) is 19.9. The van der Waals surface area contributed by atoms with Gasteiger partial charge in [0, 0.05) is 6.08 Å². The van der Waals surface area contributed by atoms with Crippen LogP contribution >= 0.6 is 33.2 Å². The average Bonchev–Trinajstić information content (AvgIpc) is 2.60. The molecule has 0 bridgehead atoms. The van der Waals surface area contributed by atoms with E-state index in [4.69, 9.17) is 43.1 Å². The van der Waals surface area contributed by atoms with Crippen molar-refractivity contribution in [3.05, 3.63) is 59.9 Å². The van der Waals surface area contributed by atoms with Crippen LogP contribution in [0.3, 0.4) is 0 Å². The van der Waals surface area contributed by atoms with Crippen LogP contribution < -0.4 is 4.74 Å². The van der Waals surface area contributed by atoms with Crippen molar-refractivity contribution >= 4 is 51.3 Å². The van der Waals surface area contributed by atoms with Crippen LogP contribution in [0.2, 0.25) is 6.04 Å². The Morgan fingerprint density at radius 1 is 1.07 bits per heavy atom. The molecule has 2 aromatic carbocycles. The highest BCUT2D eigenvalue weighted by Gasteiger charge is 2.23. The molecule has 0 radical (unpaired) electrons. The van der Waals surface area contributed by atoms with E-state index in [0.29, 0.717) is 24.6 Å². The maximum atomic E-state index is 14.3. The van der Waals surface area contributed by atoms with E-state index in [-0.39, 0.29) is 5.75 Å². The third-order valence-electron chi connectivity index (χ3n) is 3.71. The van der Waals surface area contributed by atoms with Gasteiger partial charge in [0.2, 0.25) is 0 Å². The largest absolute Gasteiger partial charge is 0.491 e. The van der Waals surface area contributed by atoms with Gasteiger partial charge in [-0.05, 0) is 53.8 Å². The van der Waals surface area contributed by atoms with E-state index in [2.05, 4.69) is 0 Å². The number of benzene rings is 2. The number of rotatable bonds is 9. The van der Waals surface area contributed by atoms with E-state index in [1.165, 1.54) is 12.1 Å². The second-order valence-electron chi connectivity index (χ2n) is 5.86. The second kappa shape index (κ2) is 10.1. The van der Waals surface area contributed by atoms with Gasteiger partial charge < -0.3 is 9.84 Å². The zero-order valence-corrected chi connectivity index (χ0v) is 17.6. The Bertz CT molecular complexity index is 805. The van der Waals surface area contributed by atoms with Crippen molar-refractivity contribution in [2.24, 2.45) is 0 Å². The van der Waals surface area contributed by atoms with Crippen molar-refractivity contribution < 1.29 is 19.0 Å². The van der Waals surface area contributed by atoms with Crippen molar-refractivity contribution in [3.63, 3.8) is 0 Å². The predicted octanol–water partition coefficient (Wildman–Crippen LogP) is 6.40. The predicted molar refractivity (Wildman–Crippen MR) is 111 cm³/mol. The minimum atomic E-state index is -2.60. The zero-order valence-electron chi connectivity index (χ0n) is 14.3. The number of hydrogen-bond acceptors (Lipinski definition) is 2. The summed E-state index contributed by atoms with van der Waals surface area (Å²) in [5.41, 5.74) is 2.27. The fourth-order valence-electron chi connectivity index (χ4n) is 2.36. The van der Waals surface area contributed by atoms with Gasteiger partial charge in [0.25, 0.3) is 0 Å². The quantitative estimate of drug-likeness (QED) is 0.209. The first-order chi connectivity index (χ1) is 12.7. The summed E-state index contributed by atoms with van der Waals surface area (Å²) in [6.07, 6.45) is 3.98. The number of carbonyl (C=O) groups is 1. The average molecular weight is 448 g/mol. The van der Waals surface area contributed by atoms with Crippen LogP contribution in [-0.2, 0) is 4.79 Å². The maximum absolute atomic E-state index is 14.3. The number of unbranched alkanes of at least 4 members (excludes halogenated alkanes) is 1. The topological polar surface area (TPSA) is 46.5 Å². The van der Waals surface area contributed by atoms with Gasteiger partial charge in [0.1, 0.15) is 0 Å². The van der Waals surface area contributed by atoms with Crippen molar-refractivity contribution in [1.29, 1.82) is 0 Å². The Morgan fingerprint density at radius 2 is 1.74 bits per heavy atom. The molecular weight excluding hydrogens is 430 g/mol. The lowest BCUT2D eigenvalue weighted by atomic mass is 10.0. The molecule has 0 fully saturated rings. The smallest absolute Gasteiger partial charge is 0.341 e. The first-order valence-electron chi connectivity index (χ1n) is 8.25. The SMILES string of the molecule is O=C(O)C=Cc1ccc(-c2ccc(OCCCC[Si](Cl)(Cl)Cl)c(F)c2)cc1. The molecular formula is C19H18Cl3FO3Si. The van der Waals surface area contributed by atoms with E-state index in [1.54, 1.807) is 36.4 Å². The monoisotopic (exact) mass is 446 g/mol. The molecule has 0 atom stereocenters. The number of hydrogen-bond donors (Lipinski definition) is 1. The van der Waals surface area contributed by atoms with Crippen LogP contribution in [0.4, 0.5) is 4.39 Å². The highest BCUT2D eigenvalue weighted by Crippen LogP contribution is 2.28. The number of ether oxygens (including phenoxy) is 1. The van der Waals surface area contributed by atoms with Crippen LogP contribution in [0.1, 0.15) is 18.4 Å². The minimum Gasteiger partial charge on any atom is -0.491 e. The van der Waals surface area contributed by atoms with Gasteiger partial charge in [0.05, 0.1) is 6.61 Å². The molecule has 0 aromatic heterocycles. The first-order valence-corrected chi connectivity index (χ1v) is 13.5. The molecule has 0 aliphatic rings. The molecule has 0 aliphatic heterocycles. The highest BCUT2D eigenvalue weighted by molar-refractivity contribution is 7.64. The molecule has 0 heterocycles. The molecule has 2 rings (SSSR count). The van der Waals surface area contributed by atoms with Gasteiger partial charge in [0.15, 0.2) is 11.6 Å². The third kappa shape index (κ3) is 7.93. The van der Waals surface area contributed by atoms with E-state index in [0.717, 1.165) is 23.6 Å². The van der Waals surface area contributed by atoms with Crippen LogP contribution in [0, 0.1) is 5.82 Å². The fourth-order valence-corrected chi connectivity index (χ4v) is 4.21. The molecule has 0 saturated carbocycles. The van der Waals surface area contributed by atoms with Crippen LogP contribution in [0.5, 0.6) is 5.75 Å². The fraction of sp³-hybridized carbons (Fsp3) is 0.211. The van der Waals surface area contributed by atoms with E-state index >= 15 is 0 Å². The van der Waals surface area contributed by atoms with Crippen molar-refractivity contribution in [1.82, 2.24) is 0 Å². The minimum absolute atomic E-state index is 0.186. The highest BCUT2D eigenvalue weighted by atomic mass is 35.8. The molecule has 27 heavy (non-hydrogen) atoms. The lowest BCUT2D eigenvalue weighted by Crippen LogP contribution is -2.09. The second-order valence-corrected chi connectivity index (χ2v) is 15.1. The molecule has 8 heteroatoms. The summed E-state index contributed by atoms with van der Waals surface area (Å²) in [4.78, 5) is 10.5. The van der Waals surface area contributed by atoms with Gasteiger partial charge in [-0.3, -0.25) is 0 Å². The molecule has 3 nitrogen and oxygen atoms in total. The van der Waals surface area contributed by atoms with Gasteiger partial charge in [-0.2, -0.15) is 0 Å². The summed E-state index contributed by atoms with van der Waals surface area (Å²) in [6.45, 7) is 0.357. The van der Waals surface area contributed by atoms with Gasteiger partial charge in [-0.1, -0.05) is 30.3 Å². The summed E-state index contributed by atoms with van der Waals surface area (Å²) in [5.74, 6) is -1.27. The maximum Gasteiger partial charge on any atom is 0.341 e. The van der Waals surface area contributed by atoms with Crippen molar-refractivity contribution in [2.75, 3.05) is 6.61 Å². The van der Waals surface area contributed by atoms with E-state index in [9.17, 15) is 9.18 Å². The third-order valence-corrected chi connectivity index (χ3v) is 6.33. The molecule has 0 amide bonds. The molecule has 0 saturated heterocycles. The molecule has 0 spiro atoms. The summed E-state index contributed by atoms with van der Waals surface area (Å²) in [6, 6.07) is 9.87. The van der Waals surface area contributed by atoms with Crippen LogP contribution in [0.25, 0.3) is 17.2 Å². The Labute approximate surface area is 172 Å². The molecule has 144 valence electrons. The Morgan fingerprint density at radius 3 is 2.33 bits per heavy atom. The van der Waals surface area contributed by atoms with Gasteiger partial charge in [-0.15, -0.1) is 33.2 Å². The Hall–Kier alpha value is -1.53. The van der Waals surface area contributed by atoms with Gasteiger partial charge >= 0.3 is 12.0 Å². The lowest BCUT2D eigenvalue weighted by Gasteiger charge is -2.10. The number of aliphatic carboxylic acids is 1. The molecule has 1 N–H and O–H groups in total. The van der Waals surface area contributed by atoms with E-state index in [1.807, 2.05) is 0 Å². The van der Waals surface area contributed by atoms with Crippen LogP contribution in [0.15, 0.2) is 48.5 Å². The summed E-state index contributed by atoms with van der Waals surface area (Å²) in [7, 11) is 0. The molecule has 0 unspecified atom stereocenters. The summed E-state index contributed by atoms with van der Waals surface area (Å²) >= 11 is 17.4. The Balaban J connectivity index is 1.94. The normalized spacial score (nSPS) is 11.7. The van der Waals surface area contributed by atoms with Crippen molar-refractivity contribution in [3.8, 4) is 16.9 Å². The van der Waals surface area contributed by atoms with Gasteiger partial charge in [-0.25, -0.2) is 9.18 Å². The Kier molecular flexibility index (Phi) is 8.17. The molecule has 2 aromatic rings. The number of carboxylic acid groups (broad SMARTS) is 1. The standard InChI is InChI=1S/C19H18Cl3FO3Si/c20-27(21,22)12-2-1-11-26-18-9-8-16(13-17(18)23)15-6-3-14(4-7-15)5-10-19(24)25/h3-10,13H,1-2,11-12H2,(H,24,25). The summed E-state index contributed by atoms with van der Waals surface area (Å²) < 4.78 is 19.7. The number of carboxylic acids is 1. The van der Waals surface area contributed by atoms with E-state index < -0.39 is 17.8 Å². The molecule has 0 aliphatic carbocycles. The van der Waals surface area contributed by atoms with Crippen molar-refractivity contribution in [2.45, 2.75) is 18.9 Å². The lowest BCUT2D eigenvalue weighted by molar-refractivity contribution is -0.131. The first kappa shape index (κ1) is 21.8. The van der Waals surface area contributed by atoms with Crippen LogP contribution in [-0.4, -0.2) is 23.7 Å². The number of halogens is 4.